The van der Waals surface area contributed by atoms with E-state index in [0.717, 1.165) is 57.1 Å². The van der Waals surface area contributed by atoms with Gasteiger partial charge in [0.25, 0.3) is 5.91 Å². The number of methoxy groups -OCH3 is 1. The molecule has 4 rings (SSSR count). The number of hydrogen-bond acceptors (Lipinski definition) is 4. The van der Waals surface area contributed by atoms with Crippen LogP contribution in [0.15, 0.2) is 72.8 Å². The summed E-state index contributed by atoms with van der Waals surface area (Å²) in [4.78, 5) is 17.5. The molecule has 0 bridgehead atoms. The van der Waals surface area contributed by atoms with Crippen molar-refractivity contribution in [1.82, 2.24) is 9.80 Å². The second-order valence-electron chi connectivity index (χ2n) is 8.41. The van der Waals surface area contributed by atoms with E-state index in [4.69, 9.17) is 16.3 Å². The number of nitrogens with one attached hydrogen (secondary N) is 1. The predicted molar refractivity (Wildman–Crippen MR) is 134 cm³/mol. The molecule has 1 aliphatic rings. The summed E-state index contributed by atoms with van der Waals surface area (Å²) in [6.45, 7) is 6.14. The van der Waals surface area contributed by atoms with Crippen LogP contribution in [0.2, 0.25) is 5.02 Å². The summed E-state index contributed by atoms with van der Waals surface area (Å²) < 4.78 is 5.25. The SMILES string of the molecule is COc1ccc(CN2CCCN(Cc3ccc(C(=O)Nc4ccc(Cl)cc4)cc3)CC2)cc1. The summed E-state index contributed by atoms with van der Waals surface area (Å²) in [5.74, 6) is 0.780. The Bertz CT molecular complexity index is 1040. The van der Waals surface area contributed by atoms with Crippen LogP contribution in [0.25, 0.3) is 0 Å². The Morgan fingerprint density at radius 1 is 0.818 bits per heavy atom. The van der Waals surface area contributed by atoms with Crippen LogP contribution in [0.4, 0.5) is 5.69 Å². The molecular weight excluding hydrogens is 434 g/mol. The number of carbonyl (C=O) groups is 1. The molecule has 3 aromatic rings. The van der Waals surface area contributed by atoms with Crippen LogP contribution < -0.4 is 10.1 Å². The van der Waals surface area contributed by atoms with Gasteiger partial charge in [-0.05, 0) is 79.2 Å². The molecule has 0 saturated carbocycles. The van der Waals surface area contributed by atoms with Gasteiger partial charge in [0.15, 0.2) is 0 Å². The van der Waals surface area contributed by atoms with Crippen molar-refractivity contribution in [2.45, 2.75) is 19.5 Å². The largest absolute Gasteiger partial charge is 0.497 e. The third kappa shape index (κ3) is 6.81. The lowest BCUT2D eigenvalue weighted by molar-refractivity contribution is 0.102. The lowest BCUT2D eigenvalue weighted by Gasteiger charge is -2.22. The van der Waals surface area contributed by atoms with Crippen molar-refractivity contribution in [3.05, 3.63) is 94.5 Å². The second-order valence-corrected chi connectivity index (χ2v) is 8.85. The van der Waals surface area contributed by atoms with Crippen LogP contribution in [0.3, 0.4) is 0 Å². The first kappa shape index (κ1) is 23.3. The van der Waals surface area contributed by atoms with Crippen molar-refractivity contribution in [3.63, 3.8) is 0 Å². The number of halogens is 1. The summed E-state index contributed by atoms with van der Waals surface area (Å²) in [6, 6.07) is 23.4. The molecule has 1 saturated heterocycles. The quantitative estimate of drug-likeness (QED) is 0.515. The van der Waals surface area contributed by atoms with Crippen molar-refractivity contribution < 1.29 is 9.53 Å². The molecule has 0 atom stereocenters. The van der Waals surface area contributed by atoms with Crippen LogP contribution in [-0.4, -0.2) is 49.0 Å². The first-order valence-electron chi connectivity index (χ1n) is 11.3. The summed E-state index contributed by atoms with van der Waals surface area (Å²) in [5, 5.41) is 3.55. The Morgan fingerprint density at radius 2 is 1.36 bits per heavy atom. The molecule has 0 unspecified atom stereocenters. The highest BCUT2D eigenvalue weighted by Gasteiger charge is 2.16. The molecule has 172 valence electrons. The number of rotatable bonds is 7. The van der Waals surface area contributed by atoms with E-state index in [1.165, 1.54) is 11.1 Å². The molecule has 33 heavy (non-hydrogen) atoms. The summed E-state index contributed by atoms with van der Waals surface area (Å²) in [7, 11) is 1.70. The average Bonchev–Trinajstić information content (AvgIpc) is 3.06. The van der Waals surface area contributed by atoms with Crippen LogP contribution >= 0.6 is 11.6 Å². The van der Waals surface area contributed by atoms with Crippen LogP contribution in [0, 0.1) is 0 Å². The maximum Gasteiger partial charge on any atom is 0.255 e. The van der Waals surface area contributed by atoms with Crippen LogP contribution in [-0.2, 0) is 13.1 Å². The van der Waals surface area contributed by atoms with E-state index >= 15 is 0 Å². The zero-order chi connectivity index (χ0) is 23.0. The first-order chi connectivity index (χ1) is 16.1. The zero-order valence-corrected chi connectivity index (χ0v) is 19.7. The smallest absolute Gasteiger partial charge is 0.255 e. The van der Waals surface area contributed by atoms with Gasteiger partial charge >= 0.3 is 0 Å². The molecule has 0 spiro atoms. The van der Waals surface area contributed by atoms with Gasteiger partial charge in [-0.25, -0.2) is 0 Å². The fraction of sp³-hybridized carbons (Fsp3) is 0.296. The van der Waals surface area contributed by atoms with Gasteiger partial charge in [-0.1, -0.05) is 35.9 Å². The molecule has 0 aliphatic carbocycles. The number of amides is 1. The molecule has 5 nitrogen and oxygen atoms in total. The topological polar surface area (TPSA) is 44.8 Å². The van der Waals surface area contributed by atoms with Crippen molar-refractivity contribution in [2.24, 2.45) is 0 Å². The van der Waals surface area contributed by atoms with E-state index in [1.807, 2.05) is 24.3 Å². The van der Waals surface area contributed by atoms with Crippen LogP contribution in [0.5, 0.6) is 5.75 Å². The van der Waals surface area contributed by atoms with E-state index in [2.05, 4.69) is 39.4 Å². The van der Waals surface area contributed by atoms with Crippen molar-refractivity contribution in [2.75, 3.05) is 38.6 Å². The number of ether oxygens (including phenoxy) is 1. The maximum absolute atomic E-state index is 12.5. The lowest BCUT2D eigenvalue weighted by atomic mass is 10.1. The van der Waals surface area contributed by atoms with Gasteiger partial charge in [-0.2, -0.15) is 0 Å². The fourth-order valence-electron chi connectivity index (χ4n) is 4.09. The van der Waals surface area contributed by atoms with E-state index in [1.54, 1.807) is 31.4 Å². The normalized spacial score (nSPS) is 15.1. The maximum atomic E-state index is 12.5. The molecule has 1 fully saturated rings. The Labute approximate surface area is 200 Å². The van der Waals surface area contributed by atoms with Crippen molar-refractivity contribution in [3.8, 4) is 5.75 Å². The molecule has 1 aliphatic heterocycles. The Kier molecular flexibility index (Phi) is 8.00. The minimum Gasteiger partial charge on any atom is -0.497 e. The molecule has 1 amide bonds. The molecule has 1 heterocycles. The number of carbonyl (C=O) groups excluding carboxylic acids is 1. The molecule has 6 heteroatoms. The summed E-state index contributed by atoms with van der Waals surface area (Å²) >= 11 is 5.90. The first-order valence-corrected chi connectivity index (χ1v) is 11.7. The summed E-state index contributed by atoms with van der Waals surface area (Å²) in [5.41, 5.74) is 3.92. The van der Waals surface area contributed by atoms with Gasteiger partial charge in [0, 0.05) is 42.5 Å². The van der Waals surface area contributed by atoms with E-state index < -0.39 is 0 Å². The summed E-state index contributed by atoms with van der Waals surface area (Å²) in [6.07, 6.45) is 1.15. The van der Waals surface area contributed by atoms with Crippen LogP contribution in [0.1, 0.15) is 27.9 Å². The number of hydrogen-bond donors (Lipinski definition) is 1. The van der Waals surface area contributed by atoms with Crippen molar-refractivity contribution >= 4 is 23.2 Å². The van der Waals surface area contributed by atoms with E-state index in [-0.39, 0.29) is 5.91 Å². The molecule has 0 radical (unpaired) electrons. The van der Waals surface area contributed by atoms with Crippen molar-refractivity contribution in [1.29, 1.82) is 0 Å². The van der Waals surface area contributed by atoms with E-state index in [9.17, 15) is 4.79 Å². The van der Waals surface area contributed by atoms with E-state index in [0.29, 0.717) is 10.6 Å². The molecule has 0 aromatic heterocycles. The van der Waals surface area contributed by atoms with Gasteiger partial charge in [-0.3, -0.25) is 14.6 Å². The highest BCUT2D eigenvalue weighted by Crippen LogP contribution is 2.17. The zero-order valence-electron chi connectivity index (χ0n) is 19.0. The van der Waals surface area contributed by atoms with Gasteiger partial charge in [0.1, 0.15) is 5.75 Å². The number of anilines is 1. The molecule has 3 aromatic carbocycles. The molecule has 1 N–H and O–H groups in total. The third-order valence-electron chi connectivity index (χ3n) is 5.97. The number of benzene rings is 3. The van der Waals surface area contributed by atoms with Gasteiger partial charge in [0.2, 0.25) is 0 Å². The number of nitrogens with zero attached hydrogens (tertiary/aromatic N) is 2. The van der Waals surface area contributed by atoms with Gasteiger partial charge in [0.05, 0.1) is 7.11 Å². The Morgan fingerprint density at radius 3 is 1.91 bits per heavy atom. The minimum atomic E-state index is -0.118. The second kappa shape index (κ2) is 11.3. The standard InChI is InChI=1S/C27H30ClN3O2/c1-33-26-13-5-22(6-14-26)20-31-16-2-15-30(17-18-31)19-21-3-7-23(8-4-21)27(32)29-25-11-9-24(28)10-12-25/h3-14H,2,15-20H2,1H3,(H,29,32). The fourth-order valence-corrected chi connectivity index (χ4v) is 4.21. The van der Waals surface area contributed by atoms with Gasteiger partial charge in [-0.15, -0.1) is 0 Å². The van der Waals surface area contributed by atoms with Gasteiger partial charge < -0.3 is 10.1 Å². The highest BCUT2D eigenvalue weighted by molar-refractivity contribution is 6.30. The third-order valence-corrected chi connectivity index (χ3v) is 6.22. The lowest BCUT2D eigenvalue weighted by Crippen LogP contribution is -2.30. The highest BCUT2D eigenvalue weighted by atomic mass is 35.5. The molecular formula is C27H30ClN3O2. The average molecular weight is 464 g/mol. The Hall–Kier alpha value is -2.86. The Balaban J connectivity index is 1.27. The minimum absolute atomic E-state index is 0.118. The predicted octanol–water partition coefficient (Wildman–Crippen LogP) is 5.31. The monoisotopic (exact) mass is 463 g/mol.